The number of hydrogen-bond donors (Lipinski definition) is 1. The van der Waals surface area contributed by atoms with Crippen LogP contribution in [0.15, 0.2) is 47.8 Å². The van der Waals surface area contributed by atoms with Crippen LogP contribution in [0.2, 0.25) is 0 Å². The Bertz CT molecular complexity index is 779. The van der Waals surface area contributed by atoms with Gasteiger partial charge >= 0.3 is 0 Å². The van der Waals surface area contributed by atoms with E-state index in [4.69, 9.17) is 0 Å². The van der Waals surface area contributed by atoms with Gasteiger partial charge < -0.3 is 5.32 Å². The summed E-state index contributed by atoms with van der Waals surface area (Å²) in [6.07, 6.45) is 0.768. The molecular formula is C17H16N2OS. The minimum absolute atomic E-state index is 0.0345. The van der Waals surface area contributed by atoms with Crippen molar-refractivity contribution in [1.29, 1.82) is 0 Å². The molecule has 1 aromatic heterocycles. The van der Waals surface area contributed by atoms with Crippen molar-refractivity contribution in [3.8, 4) is 0 Å². The number of thiazole rings is 1. The molecule has 0 saturated carbocycles. The number of aromatic nitrogens is 1. The summed E-state index contributed by atoms with van der Waals surface area (Å²) in [6, 6.07) is 13.8. The fourth-order valence-corrected chi connectivity index (χ4v) is 2.91. The van der Waals surface area contributed by atoms with Crippen LogP contribution < -0.4 is 5.32 Å². The molecule has 1 N–H and O–H groups in total. The van der Waals surface area contributed by atoms with Gasteiger partial charge in [0.1, 0.15) is 0 Å². The smallest absolute Gasteiger partial charge is 0.251 e. The van der Waals surface area contributed by atoms with Crippen molar-refractivity contribution >= 4 is 28.0 Å². The number of amides is 1. The molecule has 1 heterocycles. The molecule has 4 heteroatoms. The third-order valence-corrected chi connectivity index (χ3v) is 4.17. The van der Waals surface area contributed by atoms with Gasteiger partial charge in [0, 0.05) is 23.9 Å². The number of fused-ring (bicyclic) bond motifs is 1. The summed E-state index contributed by atoms with van der Waals surface area (Å²) in [4.78, 5) is 16.5. The average Bonchev–Trinajstić information content (AvgIpc) is 2.92. The normalized spacial score (nSPS) is 10.7. The van der Waals surface area contributed by atoms with E-state index in [1.807, 2.05) is 54.8 Å². The van der Waals surface area contributed by atoms with Gasteiger partial charge in [-0.25, -0.2) is 4.98 Å². The Labute approximate surface area is 127 Å². The minimum atomic E-state index is -0.0345. The van der Waals surface area contributed by atoms with Crippen LogP contribution in [0.3, 0.4) is 0 Å². The minimum Gasteiger partial charge on any atom is -0.352 e. The van der Waals surface area contributed by atoms with Crippen LogP contribution in [0, 0.1) is 6.92 Å². The molecule has 0 aliphatic heterocycles. The molecule has 0 saturated heterocycles. The Kier molecular flexibility index (Phi) is 3.97. The van der Waals surface area contributed by atoms with E-state index in [0.29, 0.717) is 12.1 Å². The van der Waals surface area contributed by atoms with Crippen LogP contribution in [0.1, 0.15) is 21.1 Å². The number of aryl methyl sites for hydroxylation is 1. The maximum Gasteiger partial charge on any atom is 0.251 e. The van der Waals surface area contributed by atoms with Crippen LogP contribution in [-0.4, -0.2) is 17.4 Å². The molecule has 21 heavy (non-hydrogen) atoms. The van der Waals surface area contributed by atoms with E-state index in [2.05, 4.69) is 10.3 Å². The molecule has 0 unspecified atom stereocenters. The molecule has 0 aliphatic carbocycles. The van der Waals surface area contributed by atoms with Gasteiger partial charge in [-0.1, -0.05) is 30.3 Å². The Morgan fingerprint density at radius 1 is 1.19 bits per heavy atom. The quantitative estimate of drug-likeness (QED) is 0.799. The number of rotatable bonds is 4. The summed E-state index contributed by atoms with van der Waals surface area (Å²) in [6.45, 7) is 2.59. The van der Waals surface area contributed by atoms with E-state index >= 15 is 0 Å². The van der Waals surface area contributed by atoms with Gasteiger partial charge in [-0.3, -0.25) is 4.79 Å². The molecule has 0 atom stereocenters. The highest BCUT2D eigenvalue weighted by Crippen LogP contribution is 2.15. The van der Waals surface area contributed by atoms with Gasteiger partial charge in [-0.15, -0.1) is 11.3 Å². The first-order valence-corrected chi connectivity index (χ1v) is 7.78. The SMILES string of the molecule is Cc1nc(CCNC(=O)c2ccc3ccccc3c2)cs1. The zero-order valence-electron chi connectivity index (χ0n) is 11.8. The van der Waals surface area contributed by atoms with Crippen molar-refractivity contribution in [2.75, 3.05) is 6.54 Å². The lowest BCUT2D eigenvalue weighted by atomic mass is 10.1. The summed E-state index contributed by atoms with van der Waals surface area (Å²) in [5, 5.41) is 8.28. The topological polar surface area (TPSA) is 42.0 Å². The second-order valence-electron chi connectivity index (χ2n) is 4.93. The zero-order chi connectivity index (χ0) is 14.7. The number of nitrogens with zero attached hydrogens (tertiary/aromatic N) is 1. The van der Waals surface area contributed by atoms with E-state index in [-0.39, 0.29) is 5.91 Å². The van der Waals surface area contributed by atoms with E-state index in [9.17, 15) is 4.79 Å². The van der Waals surface area contributed by atoms with Crippen LogP contribution >= 0.6 is 11.3 Å². The van der Waals surface area contributed by atoms with Crippen molar-refractivity contribution in [1.82, 2.24) is 10.3 Å². The second kappa shape index (κ2) is 6.06. The number of carbonyl (C=O) groups is 1. The predicted molar refractivity (Wildman–Crippen MR) is 86.8 cm³/mol. The standard InChI is InChI=1S/C17H16N2OS/c1-12-19-16(11-21-12)8-9-18-17(20)15-7-6-13-4-2-3-5-14(13)10-15/h2-7,10-11H,8-9H2,1H3,(H,18,20). The summed E-state index contributed by atoms with van der Waals surface area (Å²) < 4.78 is 0. The Hall–Kier alpha value is -2.20. The zero-order valence-corrected chi connectivity index (χ0v) is 12.6. The van der Waals surface area contributed by atoms with Gasteiger partial charge in [0.05, 0.1) is 10.7 Å². The Morgan fingerprint density at radius 2 is 2.00 bits per heavy atom. The van der Waals surface area contributed by atoms with Gasteiger partial charge in [0.2, 0.25) is 0 Å². The average molecular weight is 296 g/mol. The molecule has 0 bridgehead atoms. The summed E-state index contributed by atoms with van der Waals surface area (Å²) in [5.74, 6) is -0.0345. The van der Waals surface area contributed by atoms with Crippen molar-refractivity contribution in [2.45, 2.75) is 13.3 Å². The first kappa shape index (κ1) is 13.8. The van der Waals surface area contributed by atoms with Crippen molar-refractivity contribution in [3.05, 3.63) is 64.1 Å². The lowest BCUT2D eigenvalue weighted by Crippen LogP contribution is -2.25. The van der Waals surface area contributed by atoms with Crippen molar-refractivity contribution < 1.29 is 4.79 Å². The molecule has 1 amide bonds. The highest BCUT2D eigenvalue weighted by Gasteiger charge is 2.06. The van der Waals surface area contributed by atoms with Crippen molar-refractivity contribution in [3.63, 3.8) is 0 Å². The molecule has 3 nitrogen and oxygen atoms in total. The molecule has 0 fully saturated rings. The van der Waals surface area contributed by atoms with Crippen LogP contribution in [0.4, 0.5) is 0 Å². The Balaban J connectivity index is 1.63. The molecule has 0 aliphatic rings. The highest BCUT2D eigenvalue weighted by molar-refractivity contribution is 7.09. The van der Waals surface area contributed by atoms with Gasteiger partial charge in [-0.2, -0.15) is 0 Å². The lowest BCUT2D eigenvalue weighted by Gasteiger charge is -2.05. The fraction of sp³-hybridized carbons (Fsp3) is 0.176. The fourth-order valence-electron chi connectivity index (χ4n) is 2.26. The maximum atomic E-state index is 12.2. The summed E-state index contributed by atoms with van der Waals surface area (Å²) in [5.41, 5.74) is 1.74. The largest absolute Gasteiger partial charge is 0.352 e. The summed E-state index contributed by atoms with van der Waals surface area (Å²) >= 11 is 1.64. The molecule has 0 radical (unpaired) electrons. The second-order valence-corrected chi connectivity index (χ2v) is 5.99. The van der Waals surface area contributed by atoms with E-state index in [0.717, 1.165) is 27.9 Å². The van der Waals surface area contributed by atoms with E-state index < -0.39 is 0 Å². The Morgan fingerprint density at radius 3 is 2.76 bits per heavy atom. The molecule has 3 aromatic rings. The molecular weight excluding hydrogens is 280 g/mol. The molecule has 106 valence electrons. The molecule has 0 spiro atoms. The predicted octanol–water partition coefficient (Wildman–Crippen LogP) is 3.58. The van der Waals surface area contributed by atoms with Crippen LogP contribution in [-0.2, 0) is 6.42 Å². The molecule has 2 aromatic carbocycles. The van der Waals surface area contributed by atoms with Crippen molar-refractivity contribution in [2.24, 2.45) is 0 Å². The third kappa shape index (κ3) is 3.28. The number of nitrogens with one attached hydrogen (secondary N) is 1. The third-order valence-electron chi connectivity index (χ3n) is 3.34. The van der Waals surface area contributed by atoms with Gasteiger partial charge in [0.25, 0.3) is 5.91 Å². The maximum absolute atomic E-state index is 12.2. The highest BCUT2D eigenvalue weighted by atomic mass is 32.1. The number of benzene rings is 2. The summed E-state index contributed by atoms with van der Waals surface area (Å²) in [7, 11) is 0. The first-order chi connectivity index (χ1) is 10.2. The van der Waals surface area contributed by atoms with E-state index in [1.54, 1.807) is 11.3 Å². The van der Waals surface area contributed by atoms with E-state index in [1.165, 1.54) is 0 Å². The number of carbonyl (C=O) groups excluding carboxylic acids is 1. The lowest BCUT2D eigenvalue weighted by molar-refractivity contribution is 0.0954. The van der Waals surface area contributed by atoms with Crippen LogP contribution in [0.5, 0.6) is 0 Å². The van der Waals surface area contributed by atoms with Gasteiger partial charge in [0.15, 0.2) is 0 Å². The monoisotopic (exact) mass is 296 g/mol. The van der Waals surface area contributed by atoms with Gasteiger partial charge in [-0.05, 0) is 29.8 Å². The first-order valence-electron chi connectivity index (χ1n) is 6.90. The van der Waals surface area contributed by atoms with Crippen LogP contribution in [0.25, 0.3) is 10.8 Å². The molecule has 3 rings (SSSR count). The number of hydrogen-bond acceptors (Lipinski definition) is 3.